The standard InChI is InChI=1S/C13H19NO2Si/c1-11(14-16-17(2,3)4)10-13(15)12-8-6-5-7-9-12/h5-9H,10H2,1-4H3. The topological polar surface area (TPSA) is 38.7 Å². The van der Waals surface area contributed by atoms with Gasteiger partial charge in [-0.2, -0.15) is 0 Å². The van der Waals surface area contributed by atoms with E-state index in [0.29, 0.717) is 6.42 Å². The molecule has 0 radical (unpaired) electrons. The fraction of sp³-hybridized carbons (Fsp3) is 0.385. The number of benzene rings is 1. The summed E-state index contributed by atoms with van der Waals surface area (Å²) in [5, 5.41) is 4.02. The van der Waals surface area contributed by atoms with Crippen molar-refractivity contribution in [2.24, 2.45) is 5.16 Å². The minimum absolute atomic E-state index is 0.0750. The highest BCUT2D eigenvalue weighted by Crippen LogP contribution is 2.07. The van der Waals surface area contributed by atoms with E-state index < -0.39 is 8.32 Å². The quantitative estimate of drug-likeness (QED) is 0.347. The molecule has 17 heavy (non-hydrogen) atoms. The zero-order chi connectivity index (χ0) is 12.9. The predicted octanol–water partition coefficient (Wildman–Crippen LogP) is 3.49. The van der Waals surface area contributed by atoms with Crippen LogP contribution in [0.15, 0.2) is 35.5 Å². The van der Waals surface area contributed by atoms with Crippen molar-refractivity contribution in [3.05, 3.63) is 35.9 Å². The van der Waals surface area contributed by atoms with Crippen LogP contribution in [0.5, 0.6) is 0 Å². The van der Waals surface area contributed by atoms with Crippen LogP contribution in [-0.4, -0.2) is 19.8 Å². The second-order valence-corrected chi connectivity index (χ2v) is 9.40. The molecule has 0 aliphatic heterocycles. The summed E-state index contributed by atoms with van der Waals surface area (Å²) in [6, 6.07) is 9.24. The second kappa shape index (κ2) is 5.77. The van der Waals surface area contributed by atoms with E-state index in [4.69, 9.17) is 4.53 Å². The van der Waals surface area contributed by atoms with Gasteiger partial charge in [0.05, 0.1) is 12.1 Å². The molecule has 0 unspecified atom stereocenters. The molecule has 0 N–H and O–H groups in total. The number of hydrogen-bond acceptors (Lipinski definition) is 3. The largest absolute Gasteiger partial charge is 0.456 e. The molecule has 0 heterocycles. The average Bonchev–Trinajstić information content (AvgIpc) is 2.27. The van der Waals surface area contributed by atoms with Crippen molar-refractivity contribution in [2.75, 3.05) is 0 Å². The number of rotatable bonds is 5. The Morgan fingerprint density at radius 2 is 1.82 bits per heavy atom. The summed E-state index contributed by atoms with van der Waals surface area (Å²) in [7, 11) is -1.65. The first kappa shape index (κ1) is 13.6. The van der Waals surface area contributed by atoms with E-state index in [-0.39, 0.29) is 5.78 Å². The van der Waals surface area contributed by atoms with Crippen LogP contribution in [0.3, 0.4) is 0 Å². The van der Waals surface area contributed by atoms with Crippen LogP contribution in [0.4, 0.5) is 0 Å². The van der Waals surface area contributed by atoms with Gasteiger partial charge < -0.3 is 4.53 Å². The summed E-state index contributed by atoms with van der Waals surface area (Å²) < 4.78 is 5.40. The van der Waals surface area contributed by atoms with Crippen LogP contribution in [-0.2, 0) is 4.53 Å². The van der Waals surface area contributed by atoms with Crippen molar-refractivity contribution >= 4 is 19.8 Å². The van der Waals surface area contributed by atoms with Gasteiger partial charge in [0.15, 0.2) is 5.78 Å². The molecule has 0 aliphatic rings. The van der Waals surface area contributed by atoms with Gasteiger partial charge >= 0.3 is 0 Å². The van der Waals surface area contributed by atoms with E-state index >= 15 is 0 Å². The lowest BCUT2D eigenvalue weighted by molar-refractivity contribution is 0.0999. The molecule has 1 rings (SSSR count). The molecule has 3 nitrogen and oxygen atoms in total. The molecule has 0 spiro atoms. The number of ketones is 1. The molecule has 0 bridgehead atoms. The van der Waals surface area contributed by atoms with Crippen LogP contribution in [0.2, 0.25) is 19.6 Å². The van der Waals surface area contributed by atoms with Crippen LogP contribution in [0.25, 0.3) is 0 Å². The first-order valence-corrected chi connectivity index (χ1v) is 9.09. The van der Waals surface area contributed by atoms with E-state index in [1.54, 1.807) is 0 Å². The van der Waals surface area contributed by atoms with E-state index in [1.165, 1.54) is 0 Å². The maximum Gasteiger partial charge on any atom is 0.278 e. The Morgan fingerprint density at radius 1 is 1.24 bits per heavy atom. The molecule has 0 saturated heterocycles. The van der Waals surface area contributed by atoms with Crippen molar-refractivity contribution < 1.29 is 9.32 Å². The van der Waals surface area contributed by atoms with Gasteiger partial charge in [-0.25, -0.2) is 0 Å². The van der Waals surface area contributed by atoms with Gasteiger partial charge in [-0.15, -0.1) is 5.16 Å². The minimum atomic E-state index is -1.65. The summed E-state index contributed by atoms with van der Waals surface area (Å²) in [5.41, 5.74) is 1.44. The molecular formula is C13H19NO2Si. The zero-order valence-corrected chi connectivity index (χ0v) is 11.9. The maximum absolute atomic E-state index is 11.9. The third-order valence-corrected chi connectivity index (χ3v) is 2.63. The fourth-order valence-corrected chi connectivity index (χ4v) is 1.64. The van der Waals surface area contributed by atoms with Gasteiger partial charge in [0, 0.05) is 5.56 Å². The van der Waals surface area contributed by atoms with E-state index in [0.717, 1.165) is 11.3 Å². The maximum atomic E-state index is 11.9. The highest BCUT2D eigenvalue weighted by molar-refractivity contribution is 6.69. The summed E-state index contributed by atoms with van der Waals surface area (Å²) in [4.78, 5) is 11.9. The van der Waals surface area contributed by atoms with Crippen LogP contribution in [0.1, 0.15) is 23.7 Å². The van der Waals surface area contributed by atoms with E-state index in [2.05, 4.69) is 24.8 Å². The molecule has 0 saturated carbocycles. The van der Waals surface area contributed by atoms with Gasteiger partial charge in [0.1, 0.15) is 0 Å². The third-order valence-electron chi connectivity index (χ3n) is 1.99. The van der Waals surface area contributed by atoms with Gasteiger partial charge in [-0.3, -0.25) is 4.79 Å². The molecule has 0 fully saturated rings. The summed E-state index contributed by atoms with van der Waals surface area (Å²) in [6.45, 7) is 8.00. The number of carbonyl (C=O) groups excluding carboxylic acids is 1. The van der Waals surface area contributed by atoms with Gasteiger partial charge in [0.25, 0.3) is 8.32 Å². The molecule has 0 aliphatic carbocycles. The number of oxime groups is 1. The van der Waals surface area contributed by atoms with Crippen molar-refractivity contribution in [1.29, 1.82) is 0 Å². The lowest BCUT2D eigenvalue weighted by Crippen LogP contribution is -2.23. The molecule has 0 atom stereocenters. The monoisotopic (exact) mass is 249 g/mol. The smallest absolute Gasteiger partial charge is 0.278 e. The Hall–Kier alpha value is -1.42. The van der Waals surface area contributed by atoms with Crippen molar-refractivity contribution in [3.63, 3.8) is 0 Å². The molecule has 1 aromatic carbocycles. The highest BCUT2D eigenvalue weighted by atomic mass is 28.4. The van der Waals surface area contributed by atoms with Gasteiger partial charge in [-0.1, -0.05) is 30.3 Å². The zero-order valence-electron chi connectivity index (χ0n) is 10.9. The Labute approximate surface area is 104 Å². The van der Waals surface area contributed by atoms with E-state index in [1.807, 2.05) is 37.3 Å². The first-order chi connectivity index (χ1) is 7.88. The van der Waals surface area contributed by atoms with Gasteiger partial charge in [0.2, 0.25) is 0 Å². The Bertz CT molecular complexity index is 407. The predicted molar refractivity (Wildman–Crippen MR) is 72.9 cm³/mol. The molecule has 92 valence electrons. The Morgan fingerprint density at radius 3 is 2.35 bits per heavy atom. The van der Waals surface area contributed by atoms with Crippen molar-refractivity contribution in [1.82, 2.24) is 0 Å². The number of hydrogen-bond donors (Lipinski definition) is 0. The Kier molecular flexibility index (Phi) is 4.63. The first-order valence-electron chi connectivity index (χ1n) is 5.68. The van der Waals surface area contributed by atoms with Gasteiger partial charge in [-0.05, 0) is 26.6 Å². The molecular weight excluding hydrogens is 230 g/mol. The summed E-state index contributed by atoms with van der Waals surface area (Å²) >= 11 is 0. The summed E-state index contributed by atoms with van der Waals surface area (Å²) in [5.74, 6) is 0.0750. The number of nitrogens with zero attached hydrogens (tertiary/aromatic N) is 1. The average molecular weight is 249 g/mol. The molecule has 1 aromatic rings. The molecule has 0 aromatic heterocycles. The van der Waals surface area contributed by atoms with Crippen LogP contribution >= 0.6 is 0 Å². The Balaban J connectivity index is 2.58. The van der Waals surface area contributed by atoms with Crippen molar-refractivity contribution in [2.45, 2.75) is 33.0 Å². The lowest BCUT2D eigenvalue weighted by Gasteiger charge is -2.13. The number of Topliss-reactive ketones (excluding diaryl/α,β-unsaturated/α-hetero) is 1. The SMILES string of the molecule is CC(CC(=O)c1ccccc1)=NO[Si](C)(C)C. The minimum Gasteiger partial charge on any atom is -0.456 e. The number of carbonyl (C=O) groups is 1. The lowest BCUT2D eigenvalue weighted by atomic mass is 10.1. The second-order valence-electron chi connectivity index (χ2n) is 5.00. The van der Waals surface area contributed by atoms with Crippen LogP contribution in [0, 0.1) is 0 Å². The van der Waals surface area contributed by atoms with E-state index in [9.17, 15) is 4.79 Å². The van der Waals surface area contributed by atoms with Crippen molar-refractivity contribution in [3.8, 4) is 0 Å². The highest BCUT2D eigenvalue weighted by Gasteiger charge is 2.16. The fourth-order valence-electron chi connectivity index (χ4n) is 1.21. The summed E-state index contributed by atoms with van der Waals surface area (Å²) in [6.07, 6.45) is 0.314. The normalized spacial score (nSPS) is 12.4. The third kappa shape index (κ3) is 5.45. The van der Waals surface area contributed by atoms with Crippen LogP contribution < -0.4 is 0 Å². The molecule has 4 heteroatoms. The molecule has 0 amide bonds.